The van der Waals surface area contributed by atoms with Crippen molar-refractivity contribution in [2.75, 3.05) is 13.6 Å². The molecule has 12 heavy (non-hydrogen) atoms. The van der Waals surface area contributed by atoms with Crippen molar-refractivity contribution in [2.24, 2.45) is 0 Å². The summed E-state index contributed by atoms with van der Waals surface area (Å²) in [5.41, 5.74) is 0.849. The van der Waals surface area contributed by atoms with Crippen LogP contribution in [-0.4, -0.2) is 23.8 Å². The van der Waals surface area contributed by atoms with Gasteiger partial charge < -0.3 is 15.5 Å². The SMILES string of the molecule is CNCCc1ccc(O)cc1O. The van der Waals surface area contributed by atoms with Crippen molar-refractivity contribution in [1.29, 1.82) is 0 Å². The quantitative estimate of drug-likeness (QED) is 0.625. The molecule has 66 valence electrons. The van der Waals surface area contributed by atoms with Gasteiger partial charge in [0.05, 0.1) is 0 Å². The van der Waals surface area contributed by atoms with Crippen molar-refractivity contribution in [3.05, 3.63) is 23.8 Å². The van der Waals surface area contributed by atoms with E-state index in [0.29, 0.717) is 0 Å². The topological polar surface area (TPSA) is 52.5 Å². The summed E-state index contributed by atoms with van der Waals surface area (Å²) < 4.78 is 0. The van der Waals surface area contributed by atoms with Gasteiger partial charge in [0.15, 0.2) is 0 Å². The molecule has 0 heterocycles. The van der Waals surface area contributed by atoms with Crippen molar-refractivity contribution < 1.29 is 10.2 Å². The zero-order chi connectivity index (χ0) is 8.97. The monoisotopic (exact) mass is 167 g/mol. The molecule has 0 aliphatic carbocycles. The molecule has 0 aliphatic heterocycles. The molecule has 0 saturated heterocycles. The van der Waals surface area contributed by atoms with Crippen LogP contribution in [0.15, 0.2) is 18.2 Å². The normalized spacial score (nSPS) is 10.1. The molecule has 0 atom stereocenters. The second-order valence-corrected chi connectivity index (χ2v) is 2.67. The Morgan fingerprint density at radius 1 is 1.33 bits per heavy atom. The molecule has 3 N–H and O–H groups in total. The average Bonchev–Trinajstić information content (AvgIpc) is 2.03. The van der Waals surface area contributed by atoms with Crippen LogP contribution in [0, 0.1) is 0 Å². The third kappa shape index (κ3) is 2.13. The minimum absolute atomic E-state index is 0.0979. The van der Waals surface area contributed by atoms with Gasteiger partial charge >= 0.3 is 0 Å². The number of hydrogen-bond donors (Lipinski definition) is 3. The fraction of sp³-hybridized carbons (Fsp3) is 0.333. The summed E-state index contributed by atoms with van der Waals surface area (Å²) in [7, 11) is 1.86. The molecular formula is C9H13NO2. The predicted octanol–water partition coefficient (Wildman–Crippen LogP) is 0.860. The highest BCUT2D eigenvalue weighted by Gasteiger charge is 2.00. The van der Waals surface area contributed by atoms with Crippen molar-refractivity contribution >= 4 is 0 Å². The smallest absolute Gasteiger partial charge is 0.122 e. The van der Waals surface area contributed by atoms with Gasteiger partial charge in [-0.2, -0.15) is 0 Å². The maximum Gasteiger partial charge on any atom is 0.122 e. The van der Waals surface area contributed by atoms with Gasteiger partial charge in [0.25, 0.3) is 0 Å². The van der Waals surface area contributed by atoms with E-state index >= 15 is 0 Å². The second-order valence-electron chi connectivity index (χ2n) is 2.67. The van der Waals surface area contributed by atoms with Gasteiger partial charge in [-0.3, -0.25) is 0 Å². The number of phenols is 2. The molecule has 1 aromatic carbocycles. The first-order valence-electron chi connectivity index (χ1n) is 3.89. The molecule has 0 aliphatic rings. The minimum atomic E-state index is 0.0979. The number of rotatable bonds is 3. The first-order chi connectivity index (χ1) is 5.74. The molecule has 0 unspecified atom stereocenters. The van der Waals surface area contributed by atoms with Crippen LogP contribution in [0.5, 0.6) is 11.5 Å². The second kappa shape index (κ2) is 3.97. The van der Waals surface area contributed by atoms with E-state index in [1.165, 1.54) is 6.07 Å². The van der Waals surface area contributed by atoms with Gasteiger partial charge in [0, 0.05) is 6.07 Å². The van der Waals surface area contributed by atoms with Crippen LogP contribution >= 0.6 is 0 Å². The highest BCUT2D eigenvalue weighted by atomic mass is 16.3. The van der Waals surface area contributed by atoms with E-state index in [1.807, 2.05) is 7.05 Å². The van der Waals surface area contributed by atoms with E-state index in [0.717, 1.165) is 18.5 Å². The van der Waals surface area contributed by atoms with Gasteiger partial charge in [0.2, 0.25) is 0 Å². The van der Waals surface area contributed by atoms with Crippen LogP contribution < -0.4 is 5.32 Å². The molecule has 3 nitrogen and oxygen atoms in total. The van der Waals surface area contributed by atoms with E-state index in [2.05, 4.69) is 5.32 Å². The summed E-state index contributed by atoms with van der Waals surface area (Å²) in [5, 5.41) is 21.3. The minimum Gasteiger partial charge on any atom is -0.508 e. The van der Waals surface area contributed by atoms with E-state index in [9.17, 15) is 5.11 Å². The summed E-state index contributed by atoms with van der Waals surface area (Å²) in [5.74, 6) is 0.256. The maximum atomic E-state index is 9.33. The van der Waals surface area contributed by atoms with E-state index in [4.69, 9.17) is 5.11 Å². The third-order valence-corrected chi connectivity index (χ3v) is 1.71. The molecule has 1 rings (SSSR count). The lowest BCUT2D eigenvalue weighted by atomic mass is 10.1. The summed E-state index contributed by atoms with van der Waals surface area (Å²) in [4.78, 5) is 0. The number of aromatic hydroxyl groups is 2. The number of likely N-dealkylation sites (N-methyl/N-ethyl adjacent to an activating group) is 1. The Balaban J connectivity index is 2.72. The lowest BCUT2D eigenvalue weighted by Gasteiger charge is -2.03. The van der Waals surface area contributed by atoms with Crippen LogP contribution in [0.2, 0.25) is 0 Å². The van der Waals surface area contributed by atoms with Crippen molar-refractivity contribution in [2.45, 2.75) is 6.42 Å². The van der Waals surface area contributed by atoms with Gasteiger partial charge in [-0.05, 0) is 31.6 Å². The molecule has 0 radical (unpaired) electrons. The molecule has 0 bridgehead atoms. The number of phenolic OH excluding ortho intramolecular Hbond substituents is 2. The number of hydrogen-bond acceptors (Lipinski definition) is 3. The van der Waals surface area contributed by atoms with E-state index < -0.39 is 0 Å². The van der Waals surface area contributed by atoms with Crippen LogP contribution in [0.4, 0.5) is 0 Å². The Bertz CT molecular complexity index is 261. The summed E-state index contributed by atoms with van der Waals surface area (Å²) in [6, 6.07) is 4.65. The Morgan fingerprint density at radius 2 is 2.08 bits per heavy atom. The molecule has 0 saturated carbocycles. The fourth-order valence-electron chi connectivity index (χ4n) is 1.02. The Hall–Kier alpha value is -1.22. The molecular weight excluding hydrogens is 154 g/mol. The first kappa shape index (κ1) is 8.87. The van der Waals surface area contributed by atoms with E-state index in [-0.39, 0.29) is 11.5 Å². The average molecular weight is 167 g/mol. The molecule has 0 spiro atoms. The highest BCUT2D eigenvalue weighted by Crippen LogP contribution is 2.22. The summed E-state index contributed by atoms with van der Waals surface area (Å²) in [6.07, 6.45) is 0.766. The van der Waals surface area contributed by atoms with Gasteiger partial charge in [-0.25, -0.2) is 0 Å². The van der Waals surface area contributed by atoms with Crippen molar-refractivity contribution in [1.82, 2.24) is 5.32 Å². The van der Waals surface area contributed by atoms with Crippen LogP contribution in [0.25, 0.3) is 0 Å². The lowest BCUT2D eigenvalue weighted by Crippen LogP contribution is -2.10. The Kier molecular flexibility index (Phi) is 2.94. The number of nitrogens with one attached hydrogen (secondary N) is 1. The zero-order valence-electron chi connectivity index (χ0n) is 7.04. The fourth-order valence-corrected chi connectivity index (χ4v) is 1.02. The van der Waals surface area contributed by atoms with Crippen molar-refractivity contribution in [3.8, 4) is 11.5 Å². The largest absolute Gasteiger partial charge is 0.508 e. The van der Waals surface area contributed by atoms with Crippen molar-refractivity contribution in [3.63, 3.8) is 0 Å². The standard InChI is InChI=1S/C9H13NO2/c1-10-5-4-7-2-3-8(11)6-9(7)12/h2-3,6,10-12H,4-5H2,1H3. The lowest BCUT2D eigenvalue weighted by molar-refractivity contribution is 0.445. The van der Waals surface area contributed by atoms with Crippen LogP contribution in [-0.2, 0) is 6.42 Å². The predicted molar refractivity (Wildman–Crippen MR) is 47.4 cm³/mol. The first-order valence-corrected chi connectivity index (χ1v) is 3.89. The highest BCUT2D eigenvalue weighted by molar-refractivity contribution is 5.38. The van der Waals surface area contributed by atoms with E-state index in [1.54, 1.807) is 12.1 Å². The summed E-state index contributed by atoms with van der Waals surface area (Å²) >= 11 is 0. The number of benzene rings is 1. The van der Waals surface area contributed by atoms with Crippen LogP contribution in [0.3, 0.4) is 0 Å². The molecule has 0 amide bonds. The summed E-state index contributed by atoms with van der Waals surface area (Å²) in [6.45, 7) is 0.818. The van der Waals surface area contributed by atoms with Crippen LogP contribution in [0.1, 0.15) is 5.56 Å². The Morgan fingerprint density at radius 3 is 2.67 bits per heavy atom. The zero-order valence-corrected chi connectivity index (χ0v) is 7.04. The molecule has 0 aromatic heterocycles. The molecule has 3 heteroatoms. The molecule has 1 aromatic rings. The Labute approximate surface area is 71.7 Å². The molecule has 0 fully saturated rings. The van der Waals surface area contributed by atoms with Gasteiger partial charge in [-0.15, -0.1) is 0 Å². The maximum absolute atomic E-state index is 9.33. The van der Waals surface area contributed by atoms with Gasteiger partial charge in [-0.1, -0.05) is 6.07 Å². The third-order valence-electron chi connectivity index (χ3n) is 1.71. The van der Waals surface area contributed by atoms with Gasteiger partial charge in [0.1, 0.15) is 11.5 Å².